The van der Waals surface area contributed by atoms with Crippen LogP contribution in [0.2, 0.25) is 5.02 Å². The van der Waals surface area contributed by atoms with E-state index in [2.05, 4.69) is 20.9 Å². The molecule has 0 aliphatic rings. The van der Waals surface area contributed by atoms with Gasteiger partial charge in [-0.1, -0.05) is 35.9 Å². The highest BCUT2D eigenvalue weighted by Gasteiger charge is 2.10. The fourth-order valence-corrected chi connectivity index (χ4v) is 2.83. The highest BCUT2D eigenvalue weighted by atomic mass is 79.9. The molecule has 1 heterocycles. The number of pyridine rings is 1. The molecule has 0 N–H and O–H groups in total. The first-order valence-corrected chi connectivity index (χ1v) is 7.25. The van der Waals surface area contributed by atoms with Crippen molar-refractivity contribution in [1.82, 2.24) is 4.98 Å². The van der Waals surface area contributed by atoms with Crippen molar-refractivity contribution in [3.63, 3.8) is 0 Å². The first kappa shape index (κ1) is 13.4. The number of benzene rings is 2. The lowest BCUT2D eigenvalue weighted by atomic mass is 10.0. The minimum Gasteiger partial charge on any atom is -0.481 e. The summed E-state index contributed by atoms with van der Waals surface area (Å²) in [6.07, 6.45) is 0. The summed E-state index contributed by atoms with van der Waals surface area (Å²) in [6, 6.07) is 15.7. The number of hydrogen-bond acceptors (Lipinski definition) is 2. The smallest absolute Gasteiger partial charge is 0.214 e. The SMILES string of the molecule is COc1cc(-c2cccc(Cl)c2)c2cccc(Br)c2n1. The molecule has 0 unspecified atom stereocenters. The van der Waals surface area contributed by atoms with Gasteiger partial charge >= 0.3 is 0 Å². The highest BCUT2D eigenvalue weighted by Crippen LogP contribution is 2.34. The second-order valence-electron chi connectivity index (χ2n) is 4.36. The average Bonchev–Trinajstić information content (AvgIpc) is 2.47. The lowest BCUT2D eigenvalue weighted by Crippen LogP contribution is -1.92. The third-order valence-corrected chi connectivity index (χ3v) is 3.99. The van der Waals surface area contributed by atoms with Gasteiger partial charge in [0, 0.05) is 20.9 Å². The molecule has 0 amide bonds. The molecule has 0 saturated carbocycles. The molecule has 3 aromatic rings. The summed E-state index contributed by atoms with van der Waals surface area (Å²) in [6.45, 7) is 0. The fourth-order valence-electron chi connectivity index (χ4n) is 2.19. The zero-order chi connectivity index (χ0) is 14.1. The molecule has 3 rings (SSSR count). The van der Waals surface area contributed by atoms with Crippen LogP contribution in [-0.4, -0.2) is 12.1 Å². The zero-order valence-electron chi connectivity index (χ0n) is 10.7. The van der Waals surface area contributed by atoms with Crippen LogP contribution in [-0.2, 0) is 0 Å². The van der Waals surface area contributed by atoms with Crippen LogP contribution in [0.5, 0.6) is 5.88 Å². The molecule has 2 aromatic carbocycles. The number of para-hydroxylation sites is 1. The van der Waals surface area contributed by atoms with E-state index in [-0.39, 0.29) is 0 Å². The topological polar surface area (TPSA) is 22.1 Å². The van der Waals surface area contributed by atoms with Crippen molar-refractivity contribution in [2.24, 2.45) is 0 Å². The summed E-state index contributed by atoms with van der Waals surface area (Å²) < 4.78 is 6.25. The lowest BCUT2D eigenvalue weighted by molar-refractivity contribution is 0.400. The highest BCUT2D eigenvalue weighted by molar-refractivity contribution is 9.10. The third-order valence-electron chi connectivity index (χ3n) is 3.11. The van der Waals surface area contributed by atoms with Gasteiger partial charge in [0.05, 0.1) is 12.6 Å². The predicted molar refractivity (Wildman–Crippen MR) is 86.4 cm³/mol. The van der Waals surface area contributed by atoms with E-state index in [1.807, 2.05) is 48.5 Å². The predicted octanol–water partition coefficient (Wildman–Crippen LogP) is 5.33. The van der Waals surface area contributed by atoms with E-state index in [0.29, 0.717) is 10.9 Å². The van der Waals surface area contributed by atoms with Gasteiger partial charge in [0.1, 0.15) is 0 Å². The summed E-state index contributed by atoms with van der Waals surface area (Å²) in [5.41, 5.74) is 2.97. The van der Waals surface area contributed by atoms with Gasteiger partial charge in [-0.25, -0.2) is 4.98 Å². The zero-order valence-corrected chi connectivity index (χ0v) is 13.1. The van der Waals surface area contributed by atoms with Crippen molar-refractivity contribution in [2.75, 3.05) is 7.11 Å². The number of aromatic nitrogens is 1. The molecular formula is C16H11BrClNO. The van der Waals surface area contributed by atoms with Crippen LogP contribution in [0.1, 0.15) is 0 Å². The molecule has 0 aliphatic carbocycles. The summed E-state index contributed by atoms with van der Waals surface area (Å²) in [7, 11) is 1.62. The Labute approximate surface area is 130 Å². The second kappa shape index (κ2) is 5.43. The van der Waals surface area contributed by atoms with Crippen molar-refractivity contribution in [1.29, 1.82) is 0 Å². The Morgan fingerprint density at radius 2 is 1.90 bits per heavy atom. The summed E-state index contributed by atoms with van der Waals surface area (Å²) >= 11 is 9.63. The number of fused-ring (bicyclic) bond motifs is 1. The van der Waals surface area contributed by atoms with Gasteiger partial charge in [-0.15, -0.1) is 0 Å². The largest absolute Gasteiger partial charge is 0.481 e. The first-order valence-electron chi connectivity index (χ1n) is 6.08. The Kier molecular flexibility index (Phi) is 3.64. The molecule has 2 nitrogen and oxygen atoms in total. The van der Waals surface area contributed by atoms with Crippen molar-refractivity contribution in [3.05, 3.63) is 58.0 Å². The van der Waals surface area contributed by atoms with Crippen LogP contribution < -0.4 is 4.74 Å². The monoisotopic (exact) mass is 347 g/mol. The molecular weight excluding hydrogens is 338 g/mol. The molecule has 0 saturated heterocycles. The van der Waals surface area contributed by atoms with Gasteiger partial charge in [0.15, 0.2) is 0 Å². The normalized spacial score (nSPS) is 10.8. The Balaban J connectivity index is 2.36. The molecule has 100 valence electrons. The maximum atomic E-state index is 6.09. The Hall–Kier alpha value is -1.58. The van der Waals surface area contributed by atoms with Gasteiger partial charge in [-0.2, -0.15) is 0 Å². The number of rotatable bonds is 2. The van der Waals surface area contributed by atoms with Crippen LogP contribution in [0.4, 0.5) is 0 Å². The summed E-state index contributed by atoms with van der Waals surface area (Å²) in [5.74, 6) is 0.583. The lowest BCUT2D eigenvalue weighted by Gasteiger charge is -2.10. The Morgan fingerprint density at radius 1 is 1.10 bits per heavy atom. The maximum Gasteiger partial charge on any atom is 0.214 e. The molecule has 1 aromatic heterocycles. The van der Waals surface area contributed by atoms with Crippen LogP contribution in [0.3, 0.4) is 0 Å². The summed E-state index contributed by atoms with van der Waals surface area (Å²) in [5, 5.41) is 1.77. The molecule has 20 heavy (non-hydrogen) atoms. The number of methoxy groups -OCH3 is 1. The number of halogens is 2. The second-order valence-corrected chi connectivity index (χ2v) is 5.65. The number of ether oxygens (including phenoxy) is 1. The van der Waals surface area contributed by atoms with Gasteiger partial charge in [-0.3, -0.25) is 0 Å². The van der Waals surface area contributed by atoms with Gasteiger partial charge < -0.3 is 4.74 Å². The van der Waals surface area contributed by atoms with Gasteiger partial charge in [-0.05, 0) is 45.3 Å². The maximum absolute atomic E-state index is 6.09. The molecule has 0 spiro atoms. The molecule has 0 fully saturated rings. The minimum atomic E-state index is 0.583. The standard InChI is InChI=1S/C16H11BrClNO/c1-20-15-9-13(10-4-2-5-11(18)8-10)12-6-3-7-14(17)16(12)19-15/h2-9H,1H3. The van der Waals surface area contributed by atoms with E-state index in [1.54, 1.807) is 7.11 Å². The molecule has 0 atom stereocenters. The van der Waals surface area contributed by atoms with E-state index in [1.165, 1.54) is 0 Å². The van der Waals surface area contributed by atoms with Crippen molar-refractivity contribution >= 4 is 38.4 Å². The molecule has 4 heteroatoms. The van der Waals surface area contributed by atoms with Crippen LogP contribution in [0.15, 0.2) is 53.0 Å². The molecule has 0 radical (unpaired) electrons. The summed E-state index contributed by atoms with van der Waals surface area (Å²) in [4.78, 5) is 4.50. The minimum absolute atomic E-state index is 0.583. The average molecular weight is 349 g/mol. The van der Waals surface area contributed by atoms with E-state index in [4.69, 9.17) is 16.3 Å². The first-order chi connectivity index (χ1) is 9.69. The Bertz CT molecular complexity index is 789. The molecule has 0 aliphatic heterocycles. The quantitative estimate of drug-likeness (QED) is 0.625. The fraction of sp³-hybridized carbons (Fsp3) is 0.0625. The Morgan fingerprint density at radius 3 is 2.65 bits per heavy atom. The van der Waals surface area contributed by atoms with Crippen molar-refractivity contribution < 1.29 is 4.74 Å². The van der Waals surface area contributed by atoms with E-state index in [0.717, 1.165) is 26.5 Å². The van der Waals surface area contributed by atoms with E-state index in [9.17, 15) is 0 Å². The van der Waals surface area contributed by atoms with Gasteiger partial charge in [0.25, 0.3) is 0 Å². The third kappa shape index (κ3) is 2.39. The van der Waals surface area contributed by atoms with E-state index >= 15 is 0 Å². The number of nitrogens with zero attached hydrogens (tertiary/aromatic N) is 1. The van der Waals surface area contributed by atoms with Crippen molar-refractivity contribution in [2.45, 2.75) is 0 Å². The molecule has 0 bridgehead atoms. The van der Waals surface area contributed by atoms with Crippen molar-refractivity contribution in [3.8, 4) is 17.0 Å². The van der Waals surface area contributed by atoms with Crippen LogP contribution >= 0.6 is 27.5 Å². The van der Waals surface area contributed by atoms with Gasteiger partial charge in [0.2, 0.25) is 5.88 Å². The van der Waals surface area contributed by atoms with E-state index < -0.39 is 0 Å². The number of hydrogen-bond donors (Lipinski definition) is 0. The van der Waals surface area contributed by atoms with Crippen LogP contribution in [0.25, 0.3) is 22.0 Å². The van der Waals surface area contributed by atoms with Crippen LogP contribution in [0, 0.1) is 0 Å².